The van der Waals surface area contributed by atoms with Crippen molar-refractivity contribution in [3.05, 3.63) is 34.2 Å². The molecule has 1 aromatic heterocycles. The van der Waals surface area contributed by atoms with Gasteiger partial charge in [0.15, 0.2) is 0 Å². The molecule has 0 radical (unpaired) electrons. The molecule has 1 aromatic rings. The molecule has 1 heterocycles. The molecule has 0 fully saturated rings. The first-order chi connectivity index (χ1) is 7.91. The van der Waals surface area contributed by atoms with Crippen LogP contribution in [0.25, 0.3) is 0 Å². The van der Waals surface area contributed by atoms with Crippen molar-refractivity contribution in [3.8, 4) is 0 Å². The third kappa shape index (κ3) is 3.44. The number of rotatable bonds is 3. The average Bonchev–Trinajstić information content (AvgIpc) is 2.28. The number of likely N-dealkylation sites (N-methyl/N-ethyl adjacent to an activating group) is 1. The van der Waals surface area contributed by atoms with Crippen LogP contribution in [0.3, 0.4) is 0 Å². The van der Waals surface area contributed by atoms with Crippen molar-refractivity contribution in [1.29, 1.82) is 0 Å². The second-order valence-electron chi connectivity index (χ2n) is 3.84. The lowest BCUT2D eigenvalue weighted by molar-refractivity contribution is -0.127. The molecule has 6 heteroatoms. The summed E-state index contributed by atoms with van der Waals surface area (Å²) in [4.78, 5) is 35.5. The first-order valence-electron chi connectivity index (χ1n) is 5.07. The first-order valence-corrected chi connectivity index (χ1v) is 5.07. The molecule has 0 unspecified atom stereocenters. The molecule has 0 bridgehead atoms. The van der Waals surface area contributed by atoms with Crippen LogP contribution in [0.5, 0.6) is 0 Å². The van der Waals surface area contributed by atoms with Crippen LogP contribution in [0.1, 0.15) is 10.4 Å². The Kier molecular flexibility index (Phi) is 4.03. The maximum atomic E-state index is 11.6. The molecule has 92 valence electrons. The van der Waals surface area contributed by atoms with E-state index in [9.17, 15) is 14.4 Å². The number of amides is 2. The average molecular weight is 237 g/mol. The zero-order chi connectivity index (χ0) is 13.0. The van der Waals surface area contributed by atoms with Crippen LogP contribution in [0.15, 0.2) is 23.1 Å². The van der Waals surface area contributed by atoms with Crippen molar-refractivity contribution in [2.45, 2.75) is 0 Å². The van der Waals surface area contributed by atoms with E-state index >= 15 is 0 Å². The fourth-order valence-corrected chi connectivity index (χ4v) is 1.11. The number of aromatic nitrogens is 1. The third-order valence-electron chi connectivity index (χ3n) is 2.27. The number of hydrogen-bond acceptors (Lipinski definition) is 3. The molecule has 0 aliphatic heterocycles. The third-order valence-corrected chi connectivity index (χ3v) is 2.27. The molecule has 2 amide bonds. The minimum Gasteiger partial charge on any atom is -0.347 e. The van der Waals surface area contributed by atoms with Gasteiger partial charge >= 0.3 is 0 Å². The van der Waals surface area contributed by atoms with E-state index in [2.05, 4.69) is 5.32 Å². The summed E-state index contributed by atoms with van der Waals surface area (Å²) in [6.07, 6.45) is 1.50. The molecule has 17 heavy (non-hydrogen) atoms. The predicted molar refractivity (Wildman–Crippen MR) is 62.7 cm³/mol. The topological polar surface area (TPSA) is 71.4 Å². The highest BCUT2D eigenvalue weighted by Crippen LogP contribution is 1.93. The molecular weight excluding hydrogens is 222 g/mol. The van der Waals surface area contributed by atoms with Gasteiger partial charge in [-0.2, -0.15) is 0 Å². The Hall–Kier alpha value is -2.11. The summed E-state index contributed by atoms with van der Waals surface area (Å²) in [5.41, 5.74) is -0.0174. The molecular formula is C11H15N3O3. The summed E-state index contributed by atoms with van der Waals surface area (Å²) in [5.74, 6) is -0.639. The van der Waals surface area contributed by atoms with Gasteiger partial charge in [0.05, 0.1) is 6.54 Å². The Morgan fingerprint density at radius 1 is 1.41 bits per heavy atom. The van der Waals surface area contributed by atoms with E-state index in [0.29, 0.717) is 0 Å². The van der Waals surface area contributed by atoms with Crippen LogP contribution in [0.2, 0.25) is 0 Å². The largest absolute Gasteiger partial charge is 0.347 e. The fourth-order valence-electron chi connectivity index (χ4n) is 1.11. The highest BCUT2D eigenvalue weighted by atomic mass is 16.2. The Bertz CT molecular complexity index is 491. The van der Waals surface area contributed by atoms with Crippen LogP contribution < -0.4 is 10.9 Å². The summed E-state index contributed by atoms with van der Waals surface area (Å²) in [6, 6.07) is 2.76. The van der Waals surface area contributed by atoms with Crippen LogP contribution in [0.4, 0.5) is 0 Å². The van der Waals surface area contributed by atoms with Gasteiger partial charge in [-0.1, -0.05) is 0 Å². The van der Waals surface area contributed by atoms with E-state index in [1.165, 1.54) is 27.8 Å². The zero-order valence-electron chi connectivity index (χ0n) is 10.1. The van der Waals surface area contributed by atoms with Gasteiger partial charge in [0.2, 0.25) is 5.91 Å². The normalized spacial score (nSPS) is 9.82. The molecule has 0 saturated carbocycles. The van der Waals surface area contributed by atoms with Crippen molar-refractivity contribution >= 4 is 11.8 Å². The Morgan fingerprint density at radius 2 is 2.06 bits per heavy atom. The number of hydrogen-bond donors (Lipinski definition) is 1. The van der Waals surface area contributed by atoms with E-state index in [4.69, 9.17) is 0 Å². The van der Waals surface area contributed by atoms with Crippen molar-refractivity contribution in [1.82, 2.24) is 14.8 Å². The van der Waals surface area contributed by atoms with Gasteiger partial charge in [-0.3, -0.25) is 14.4 Å². The maximum Gasteiger partial charge on any atom is 0.251 e. The number of carbonyl (C=O) groups is 2. The number of pyridine rings is 1. The highest BCUT2D eigenvalue weighted by Gasteiger charge is 2.09. The van der Waals surface area contributed by atoms with E-state index in [0.717, 1.165) is 0 Å². The lowest BCUT2D eigenvalue weighted by Crippen LogP contribution is -2.36. The fraction of sp³-hybridized carbons (Fsp3) is 0.364. The van der Waals surface area contributed by atoms with Gasteiger partial charge < -0.3 is 14.8 Å². The summed E-state index contributed by atoms with van der Waals surface area (Å²) >= 11 is 0. The van der Waals surface area contributed by atoms with Gasteiger partial charge in [0.1, 0.15) is 0 Å². The van der Waals surface area contributed by atoms with Crippen LogP contribution in [-0.4, -0.2) is 41.9 Å². The Labute approximate surface area is 98.8 Å². The number of aryl methyl sites for hydroxylation is 1. The smallest absolute Gasteiger partial charge is 0.251 e. The van der Waals surface area contributed by atoms with E-state index in [1.54, 1.807) is 21.1 Å². The molecule has 0 aliphatic carbocycles. The second-order valence-corrected chi connectivity index (χ2v) is 3.84. The maximum absolute atomic E-state index is 11.6. The summed E-state index contributed by atoms with van der Waals surface area (Å²) in [7, 11) is 4.80. The van der Waals surface area contributed by atoms with Crippen LogP contribution in [-0.2, 0) is 11.8 Å². The minimum atomic E-state index is -0.432. The van der Waals surface area contributed by atoms with Crippen LogP contribution in [0, 0.1) is 0 Å². The molecule has 0 spiro atoms. The van der Waals surface area contributed by atoms with E-state index in [-0.39, 0.29) is 23.6 Å². The molecule has 0 aliphatic rings. The monoisotopic (exact) mass is 237 g/mol. The molecule has 0 aromatic carbocycles. The quantitative estimate of drug-likeness (QED) is 0.748. The second kappa shape index (κ2) is 5.29. The first kappa shape index (κ1) is 13.0. The van der Waals surface area contributed by atoms with Gasteiger partial charge in [-0.25, -0.2) is 0 Å². The predicted octanol–water partition coefficient (Wildman–Crippen LogP) is -0.797. The van der Waals surface area contributed by atoms with Gasteiger partial charge in [0.25, 0.3) is 11.5 Å². The summed E-state index contributed by atoms with van der Waals surface area (Å²) < 4.78 is 1.36. The molecule has 0 saturated heterocycles. The van der Waals surface area contributed by atoms with Gasteiger partial charge in [0, 0.05) is 39.0 Å². The number of nitrogens with one attached hydrogen (secondary N) is 1. The number of carbonyl (C=O) groups excluding carboxylic acids is 2. The van der Waals surface area contributed by atoms with Crippen molar-refractivity contribution < 1.29 is 9.59 Å². The molecule has 1 rings (SSSR count). The van der Waals surface area contributed by atoms with Gasteiger partial charge in [-0.05, 0) is 6.07 Å². The van der Waals surface area contributed by atoms with Crippen LogP contribution >= 0.6 is 0 Å². The summed E-state index contributed by atoms with van der Waals surface area (Å²) in [6.45, 7) is -0.0823. The van der Waals surface area contributed by atoms with Crippen molar-refractivity contribution in [2.24, 2.45) is 7.05 Å². The van der Waals surface area contributed by atoms with Gasteiger partial charge in [-0.15, -0.1) is 0 Å². The Morgan fingerprint density at radius 3 is 2.59 bits per heavy atom. The minimum absolute atomic E-state index is 0.0823. The molecule has 6 nitrogen and oxygen atoms in total. The van der Waals surface area contributed by atoms with Crippen molar-refractivity contribution in [3.63, 3.8) is 0 Å². The van der Waals surface area contributed by atoms with E-state index in [1.807, 2.05) is 0 Å². The van der Waals surface area contributed by atoms with Crippen molar-refractivity contribution in [2.75, 3.05) is 20.6 Å². The molecule has 1 N–H and O–H groups in total. The molecule has 0 atom stereocenters. The lowest BCUT2D eigenvalue weighted by atomic mass is 10.2. The Balaban J connectivity index is 2.68. The zero-order valence-corrected chi connectivity index (χ0v) is 10.1. The van der Waals surface area contributed by atoms with E-state index < -0.39 is 5.91 Å². The highest BCUT2D eigenvalue weighted by molar-refractivity contribution is 5.96. The SMILES string of the molecule is CN(C)C(=O)CNC(=O)c1ccn(C)c(=O)c1. The lowest BCUT2D eigenvalue weighted by Gasteiger charge is -2.10. The standard InChI is InChI=1S/C11H15N3O3/c1-13(2)10(16)7-12-11(17)8-4-5-14(3)9(15)6-8/h4-6H,7H2,1-3H3,(H,12,17). The summed E-state index contributed by atoms with van der Waals surface area (Å²) in [5, 5.41) is 2.45. The number of nitrogens with zero attached hydrogens (tertiary/aromatic N) is 2.